The highest BCUT2D eigenvalue weighted by Crippen LogP contribution is 2.38. The molecule has 186 valence electrons. The van der Waals surface area contributed by atoms with Gasteiger partial charge in [-0.3, -0.25) is 9.59 Å². The average Bonchev–Trinajstić information content (AvgIpc) is 3.65. The second-order valence-electron chi connectivity index (χ2n) is 10.2. The molecule has 35 heavy (non-hydrogen) atoms. The average molecular weight is 477 g/mol. The number of nitrogens with zero attached hydrogens (tertiary/aromatic N) is 2. The molecule has 0 spiro atoms. The summed E-state index contributed by atoms with van der Waals surface area (Å²) < 4.78 is 7.75. The number of pyridine rings is 1. The Morgan fingerprint density at radius 3 is 2.57 bits per heavy atom. The number of amides is 1. The van der Waals surface area contributed by atoms with Crippen molar-refractivity contribution in [1.29, 1.82) is 0 Å². The number of aryl methyl sites for hydroxylation is 1. The Kier molecular flexibility index (Phi) is 6.45. The van der Waals surface area contributed by atoms with Crippen LogP contribution in [0.25, 0.3) is 10.9 Å². The van der Waals surface area contributed by atoms with E-state index in [0.29, 0.717) is 28.8 Å². The SMILES string of the molecule is COc1cc(C)[nH]c(=O)c1CNC(=O)c1c(C)n(C(C)C2CCN(C3CC3)CC2)c2ccccc12. The third-order valence-corrected chi connectivity index (χ3v) is 7.99. The summed E-state index contributed by atoms with van der Waals surface area (Å²) >= 11 is 0. The third-order valence-electron chi connectivity index (χ3n) is 7.99. The zero-order chi connectivity index (χ0) is 24.7. The predicted molar refractivity (Wildman–Crippen MR) is 138 cm³/mol. The topological polar surface area (TPSA) is 79.4 Å². The number of aromatic amines is 1. The fraction of sp³-hybridized carbons (Fsp3) is 0.500. The number of methoxy groups -OCH3 is 1. The summed E-state index contributed by atoms with van der Waals surface area (Å²) in [7, 11) is 1.54. The summed E-state index contributed by atoms with van der Waals surface area (Å²) in [6, 6.07) is 11.1. The Hall–Kier alpha value is -3.06. The molecule has 7 nitrogen and oxygen atoms in total. The number of rotatable bonds is 7. The minimum atomic E-state index is -0.243. The number of fused-ring (bicyclic) bond motifs is 1. The van der Waals surface area contributed by atoms with E-state index in [0.717, 1.165) is 28.3 Å². The lowest BCUT2D eigenvalue weighted by atomic mass is 9.90. The van der Waals surface area contributed by atoms with Gasteiger partial charge in [0.2, 0.25) is 0 Å². The Balaban J connectivity index is 1.41. The largest absolute Gasteiger partial charge is 0.496 e. The Morgan fingerprint density at radius 2 is 1.89 bits per heavy atom. The summed E-state index contributed by atoms with van der Waals surface area (Å²) in [5, 5.41) is 3.93. The molecule has 2 fully saturated rings. The number of likely N-dealkylation sites (tertiary alicyclic amines) is 1. The fourth-order valence-corrected chi connectivity index (χ4v) is 5.91. The normalized spacial score (nSPS) is 18.1. The first-order chi connectivity index (χ1) is 16.9. The summed E-state index contributed by atoms with van der Waals surface area (Å²) in [5.41, 5.74) is 3.66. The number of benzene rings is 1. The van der Waals surface area contributed by atoms with Gasteiger partial charge in [0.15, 0.2) is 0 Å². The lowest BCUT2D eigenvalue weighted by Gasteiger charge is -2.36. The predicted octanol–water partition coefficient (Wildman–Crippen LogP) is 4.32. The number of hydrogen-bond donors (Lipinski definition) is 2. The van der Waals surface area contributed by atoms with E-state index < -0.39 is 0 Å². The molecule has 7 heteroatoms. The van der Waals surface area contributed by atoms with Crippen molar-refractivity contribution in [1.82, 2.24) is 19.8 Å². The number of piperidine rings is 1. The van der Waals surface area contributed by atoms with E-state index in [1.165, 1.54) is 45.9 Å². The molecule has 2 aromatic heterocycles. The number of H-pyrrole nitrogens is 1. The fourth-order valence-electron chi connectivity index (χ4n) is 5.91. The van der Waals surface area contributed by atoms with Crippen LogP contribution in [0, 0.1) is 19.8 Å². The molecule has 1 aliphatic carbocycles. The first kappa shape index (κ1) is 23.7. The maximum atomic E-state index is 13.5. The lowest BCUT2D eigenvalue weighted by molar-refractivity contribution is 0.0950. The number of para-hydroxylation sites is 1. The molecule has 3 heterocycles. The highest BCUT2D eigenvalue weighted by atomic mass is 16.5. The maximum Gasteiger partial charge on any atom is 0.256 e. The van der Waals surface area contributed by atoms with Gasteiger partial charge in [-0.1, -0.05) is 18.2 Å². The van der Waals surface area contributed by atoms with Crippen molar-refractivity contribution in [3.05, 3.63) is 63.2 Å². The summed E-state index contributed by atoms with van der Waals surface area (Å²) in [6.07, 6.45) is 5.11. The van der Waals surface area contributed by atoms with Crippen LogP contribution in [0.3, 0.4) is 0 Å². The van der Waals surface area contributed by atoms with Gasteiger partial charge in [-0.25, -0.2) is 0 Å². The van der Waals surface area contributed by atoms with Crippen molar-refractivity contribution >= 4 is 16.8 Å². The molecule has 1 aromatic carbocycles. The molecule has 2 N–H and O–H groups in total. The third kappa shape index (κ3) is 4.49. The van der Waals surface area contributed by atoms with Gasteiger partial charge >= 0.3 is 0 Å². The van der Waals surface area contributed by atoms with Gasteiger partial charge in [-0.15, -0.1) is 0 Å². The van der Waals surface area contributed by atoms with Crippen LogP contribution in [0.4, 0.5) is 0 Å². The Bertz CT molecular complexity index is 1300. The van der Waals surface area contributed by atoms with Crippen molar-refractivity contribution in [2.45, 2.75) is 65.1 Å². The zero-order valence-corrected chi connectivity index (χ0v) is 21.2. The lowest BCUT2D eigenvalue weighted by Crippen LogP contribution is -2.37. The van der Waals surface area contributed by atoms with E-state index >= 15 is 0 Å². The van der Waals surface area contributed by atoms with Crippen LogP contribution >= 0.6 is 0 Å². The maximum absolute atomic E-state index is 13.5. The molecule has 1 aliphatic heterocycles. The standard InChI is InChI=1S/C28H36N4O3/c1-17-15-25(35-4)23(27(33)30-17)16-29-28(34)26-19(3)32(24-8-6-5-7-22(24)26)18(2)20-11-13-31(14-12-20)21-9-10-21/h5-8,15,18,20-21H,9-14,16H2,1-4H3,(H,29,34)(H,30,33). The number of hydrogen-bond acceptors (Lipinski definition) is 4. The molecule has 3 aromatic rings. The molecule has 2 aliphatic rings. The van der Waals surface area contributed by atoms with E-state index in [9.17, 15) is 9.59 Å². The van der Waals surface area contributed by atoms with Crippen molar-refractivity contribution in [3.63, 3.8) is 0 Å². The molecular weight excluding hydrogens is 440 g/mol. The van der Waals surface area contributed by atoms with E-state index in [1.54, 1.807) is 13.0 Å². The molecular formula is C28H36N4O3. The van der Waals surface area contributed by atoms with E-state index in [2.05, 4.69) is 32.8 Å². The molecule has 5 rings (SSSR count). The number of aromatic nitrogens is 2. The zero-order valence-electron chi connectivity index (χ0n) is 21.2. The van der Waals surface area contributed by atoms with Crippen molar-refractivity contribution in [2.24, 2.45) is 5.92 Å². The van der Waals surface area contributed by atoms with Crippen LogP contribution in [0.1, 0.15) is 66.0 Å². The minimum Gasteiger partial charge on any atom is -0.496 e. The molecule has 1 amide bonds. The summed E-state index contributed by atoms with van der Waals surface area (Å²) in [4.78, 5) is 31.4. The molecule has 1 saturated carbocycles. The number of nitrogens with one attached hydrogen (secondary N) is 2. The van der Waals surface area contributed by atoms with E-state index in [4.69, 9.17) is 4.74 Å². The quantitative estimate of drug-likeness (QED) is 0.532. The van der Waals surface area contributed by atoms with Crippen LogP contribution in [0.15, 0.2) is 35.1 Å². The first-order valence-electron chi connectivity index (χ1n) is 12.8. The van der Waals surface area contributed by atoms with Crippen molar-refractivity contribution < 1.29 is 9.53 Å². The second kappa shape index (κ2) is 9.53. The Morgan fingerprint density at radius 1 is 1.17 bits per heavy atom. The van der Waals surface area contributed by atoms with E-state index in [1.807, 2.05) is 25.1 Å². The minimum absolute atomic E-state index is 0.103. The van der Waals surface area contributed by atoms with Gasteiger partial charge in [0.25, 0.3) is 11.5 Å². The van der Waals surface area contributed by atoms with Crippen LogP contribution in [-0.4, -0.2) is 46.6 Å². The highest BCUT2D eigenvalue weighted by Gasteiger charge is 2.34. The molecule has 0 bridgehead atoms. The first-order valence-corrected chi connectivity index (χ1v) is 12.8. The molecule has 1 saturated heterocycles. The van der Waals surface area contributed by atoms with Gasteiger partial charge < -0.3 is 24.5 Å². The number of ether oxygens (including phenoxy) is 1. The van der Waals surface area contributed by atoms with Crippen LogP contribution in [-0.2, 0) is 6.54 Å². The van der Waals surface area contributed by atoms with Crippen LogP contribution in [0.5, 0.6) is 5.75 Å². The van der Waals surface area contributed by atoms with E-state index in [-0.39, 0.29) is 18.0 Å². The van der Waals surface area contributed by atoms with Crippen molar-refractivity contribution in [3.8, 4) is 5.75 Å². The van der Waals surface area contributed by atoms with Gasteiger partial charge in [0.05, 0.1) is 24.8 Å². The molecule has 1 unspecified atom stereocenters. The van der Waals surface area contributed by atoms with Crippen molar-refractivity contribution in [2.75, 3.05) is 20.2 Å². The van der Waals surface area contributed by atoms with Crippen LogP contribution < -0.4 is 15.6 Å². The van der Waals surface area contributed by atoms with Gasteiger partial charge in [-0.2, -0.15) is 0 Å². The number of carbonyl (C=O) groups excluding carboxylic acids is 1. The number of carbonyl (C=O) groups is 1. The van der Waals surface area contributed by atoms with Gasteiger partial charge in [0, 0.05) is 34.4 Å². The summed E-state index contributed by atoms with van der Waals surface area (Å²) in [5.74, 6) is 0.901. The smallest absolute Gasteiger partial charge is 0.256 e. The monoisotopic (exact) mass is 476 g/mol. The molecule has 0 radical (unpaired) electrons. The summed E-state index contributed by atoms with van der Waals surface area (Å²) in [6.45, 7) is 8.61. The van der Waals surface area contributed by atoms with Crippen LogP contribution in [0.2, 0.25) is 0 Å². The van der Waals surface area contributed by atoms with Gasteiger partial charge in [0.1, 0.15) is 5.75 Å². The second-order valence-corrected chi connectivity index (χ2v) is 10.2. The van der Waals surface area contributed by atoms with Gasteiger partial charge in [-0.05, 0) is 77.6 Å². The Labute approximate surface area is 206 Å². The molecule has 1 atom stereocenters. The highest BCUT2D eigenvalue weighted by molar-refractivity contribution is 6.08.